The molecule has 4 rings (SSSR count). The number of benzene rings is 2. The highest BCUT2D eigenvalue weighted by molar-refractivity contribution is 6.31. The number of carbonyl (C=O) groups excluding carboxylic acids is 1. The number of carbonyl (C=O) groups is 1. The Bertz CT molecular complexity index is 1010. The fourth-order valence-corrected chi connectivity index (χ4v) is 4.20. The van der Waals surface area contributed by atoms with E-state index in [1.165, 1.54) is 12.0 Å². The van der Waals surface area contributed by atoms with Crippen LogP contribution in [0.4, 0.5) is 5.69 Å². The molecule has 1 saturated heterocycles. The van der Waals surface area contributed by atoms with Crippen LogP contribution in [0.25, 0.3) is 10.9 Å². The lowest BCUT2D eigenvalue weighted by Crippen LogP contribution is -3.00. The number of anilines is 1. The molecule has 7 heteroatoms. The van der Waals surface area contributed by atoms with Crippen LogP contribution in [0.5, 0.6) is 0 Å². The summed E-state index contributed by atoms with van der Waals surface area (Å²) in [6.07, 6.45) is 2.70. The summed E-state index contributed by atoms with van der Waals surface area (Å²) in [6.45, 7) is 2.84. The molecule has 0 aliphatic carbocycles. The Kier molecular flexibility index (Phi) is 7.44. The van der Waals surface area contributed by atoms with Crippen LogP contribution in [0.3, 0.4) is 0 Å². The summed E-state index contributed by atoms with van der Waals surface area (Å²) >= 11 is 6.02. The van der Waals surface area contributed by atoms with Crippen LogP contribution in [0.2, 0.25) is 5.02 Å². The van der Waals surface area contributed by atoms with Crippen LogP contribution in [0.15, 0.2) is 48.5 Å². The number of fused-ring (bicyclic) bond motifs is 1. The van der Waals surface area contributed by atoms with Gasteiger partial charge in [0.25, 0.3) is 5.91 Å². The number of aromatic amines is 1. The molecule has 1 atom stereocenters. The van der Waals surface area contributed by atoms with Crippen LogP contribution in [0.1, 0.15) is 28.9 Å². The van der Waals surface area contributed by atoms with Crippen molar-refractivity contribution in [2.75, 3.05) is 32.6 Å². The average Bonchev–Trinajstić information content (AvgIpc) is 3.31. The number of quaternary nitrogens is 1. The first-order chi connectivity index (χ1) is 13.9. The zero-order valence-electron chi connectivity index (χ0n) is 17.3. The fourth-order valence-electron chi connectivity index (χ4n) is 4.02. The Morgan fingerprint density at radius 2 is 1.97 bits per heavy atom. The molecule has 0 bridgehead atoms. The van der Waals surface area contributed by atoms with E-state index in [0.29, 0.717) is 16.8 Å². The summed E-state index contributed by atoms with van der Waals surface area (Å²) in [7, 11) is 4.47. The lowest BCUT2D eigenvalue weighted by molar-refractivity contribution is -0.906. The van der Waals surface area contributed by atoms with Crippen molar-refractivity contribution < 1.29 is 38.0 Å². The van der Waals surface area contributed by atoms with E-state index >= 15 is 0 Å². The maximum atomic E-state index is 12.6. The van der Waals surface area contributed by atoms with Crippen LogP contribution in [-0.4, -0.2) is 48.7 Å². The zero-order chi connectivity index (χ0) is 20.4. The van der Waals surface area contributed by atoms with Crippen LogP contribution < -0.4 is 29.3 Å². The molecule has 1 fully saturated rings. The predicted octanol–water partition coefficient (Wildman–Crippen LogP) is 1.83. The molecule has 2 heterocycles. The van der Waals surface area contributed by atoms with Gasteiger partial charge in [0.2, 0.25) is 0 Å². The van der Waals surface area contributed by atoms with Crippen molar-refractivity contribution in [2.24, 2.45) is 0 Å². The maximum Gasteiger partial charge on any atom is 0.272 e. The molecular weight excluding hydrogens is 513 g/mol. The standard InChI is InChI=1S/C23H26ClN3O2.HI/c1-27(2,15-20-4-3-11-29-20)14-16-5-8-19(9-6-16)25-23(28)22-13-17-12-18(24)7-10-21(17)26-22;/h5-10,12-13,20H,3-4,11,14-15H2,1-2H3,(H-,25,26,28);1H/t20-;/m0./s1. The summed E-state index contributed by atoms with van der Waals surface area (Å²) in [6, 6.07) is 15.4. The van der Waals surface area contributed by atoms with Crippen molar-refractivity contribution >= 4 is 34.1 Å². The third-order valence-electron chi connectivity index (χ3n) is 5.37. The summed E-state index contributed by atoms with van der Waals surface area (Å²) in [5.74, 6) is -0.167. The highest BCUT2D eigenvalue weighted by Gasteiger charge is 2.25. The van der Waals surface area contributed by atoms with Gasteiger partial charge in [0.05, 0.1) is 14.1 Å². The summed E-state index contributed by atoms with van der Waals surface area (Å²) < 4.78 is 6.67. The molecule has 1 aliphatic rings. The summed E-state index contributed by atoms with van der Waals surface area (Å²) in [5.41, 5.74) is 3.42. The molecule has 2 N–H and O–H groups in total. The second kappa shape index (κ2) is 9.68. The number of nitrogens with zero attached hydrogens (tertiary/aromatic N) is 1. The average molecular weight is 540 g/mol. The Balaban J connectivity index is 0.00000256. The third kappa shape index (κ3) is 5.75. The van der Waals surface area contributed by atoms with Crippen molar-refractivity contribution in [3.8, 4) is 0 Å². The highest BCUT2D eigenvalue weighted by atomic mass is 127. The van der Waals surface area contributed by atoms with Gasteiger partial charge in [0.1, 0.15) is 24.9 Å². The molecule has 0 spiro atoms. The number of ether oxygens (including phenoxy) is 1. The Morgan fingerprint density at radius 3 is 2.67 bits per heavy atom. The second-order valence-electron chi connectivity index (χ2n) is 8.48. The van der Waals surface area contributed by atoms with Crippen molar-refractivity contribution in [3.63, 3.8) is 0 Å². The molecule has 30 heavy (non-hydrogen) atoms. The number of rotatable bonds is 6. The lowest BCUT2D eigenvalue weighted by atomic mass is 10.1. The topological polar surface area (TPSA) is 54.1 Å². The molecule has 1 amide bonds. The van der Waals surface area contributed by atoms with Crippen molar-refractivity contribution in [2.45, 2.75) is 25.5 Å². The molecule has 0 saturated carbocycles. The van der Waals surface area contributed by atoms with E-state index in [4.69, 9.17) is 16.3 Å². The number of halogens is 2. The van der Waals surface area contributed by atoms with Crippen LogP contribution in [-0.2, 0) is 11.3 Å². The van der Waals surface area contributed by atoms with E-state index in [-0.39, 0.29) is 29.9 Å². The fraction of sp³-hybridized carbons (Fsp3) is 0.348. The molecule has 2 aromatic carbocycles. The van der Waals surface area contributed by atoms with Gasteiger partial charge < -0.3 is 43.5 Å². The second-order valence-corrected chi connectivity index (χ2v) is 8.91. The number of amides is 1. The minimum Gasteiger partial charge on any atom is -1.00 e. The smallest absolute Gasteiger partial charge is 0.272 e. The minimum atomic E-state index is -0.167. The SMILES string of the molecule is C[N+](C)(Cc1ccc(NC(=O)c2cc3cc(Cl)ccc3[nH]2)cc1)C[C@@H]1CCCO1.[I-]. The van der Waals surface area contributed by atoms with E-state index in [0.717, 1.165) is 47.2 Å². The van der Waals surface area contributed by atoms with Crippen LogP contribution in [0, 0.1) is 0 Å². The molecule has 3 aromatic rings. The van der Waals surface area contributed by atoms with Crippen LogP contribution >= 0.6 is 11.6 Å². The van der Waals surface area contributed by atoms with Gasteiger partial charge in [-0.1, -0.05) is 23.7 Å². The summed E-state index contributed by atoms with van der Waals surface area (Å²) in [5, 5.41) is 4.53. The number of likely N-dealkylation sites (N-methyl/N-ethyl adjacent to an activating group) is 1. The minimum absolute atomic E-state index is 0. The number of nitrogens with one attached hydrogen (secondary N) is 2. The van der Waals surface area contributed by atoms with Crippen molar-refractivity contribution in [1.29, 1.82) is 0 Å². The van der Waals surface area contributed by atoms with E-state index in [1.807, 2.05) is 30.3 Å². The monoisotopic (exact) mass is 539 g/mol. The largest absolute Gasteiger partial charge is 1.00 e. The highest BCUT2D eigenvalue weighted by Crippen LogP contribution is 2.22. The molecular formula is C23H27ClIN3O2. The molecule has 160 valence electrons. The number of hydrogen-bond acceptors (Lipinski definition) is 2. The van der Waals surface area contributed by atoms with Crippen molar-refractivity contribution in [1.82, 2.24) is 4.98 Å². The van der Waals surface area contributed by atoms with Gasteiger partial charge in [0.15, 0.2) is 0 Å². The van der Waals surface area contributed by atoms with Crippen molar-refractivity contribution in [3.05, 3.63) is 64.8 Å². The normalized spacial score (nSPS) is 16.4. The lowest BCUT2D eigenvalue weighted by Gasteiger charge is -2.32. The molecule has 0 radical (unpaired) electrons. The predicted molar refractivity (Wildman–Crippen MR) is 117 cm³/mol. The molecule has 1 aliphatic heterocycles. The van der Waals surface area contributed by atoms with Gasteiger partial charge in [-0.3, -0.25) is 4.79 Å². The number of hydrogen-bond donors (Lipinski definition) is 2. The zero-order valence-corrected chi connectivity index (χ0v) is 20.2. The Hall–Kier alpha value is -1.61. The van der Waals surface area contributed by atoms with E-state index in [9.17, 15) is 4.79 Å². The Labute approximate surface area is 199 Å². The first kappa shape index (κ1) is 23.1. The van der Waals surface area contributed by atoms with E-state index < -0.39 is 0 Å². The van der Waals surface area contributed by atoms with Gasteiger partial charge in [0, 0.05) is 33.8 Å². The van der Waals surface area contributed by atoms with Gasteiger partial charge in [-0.2, -0.15) is 0 Å². The molecule has 1 aromatic heterocycles. The van der Waals surface area contributed by atoms with Gasteiger partial charge in [-0.25, -0.2) is 0 Å². The third-order valence-corrected chi connectivity index (χ3v) is 5.61. The van der Waals surface area contributed by atoms with E-state index in [1.54, 1.807) is 6.07 Å². The van der Waals surface area contributed by atoms with Gasteiger partial charge in [-0.05, 0) is 49.2 Å². The quantitative estimate of drug-likeness (QED) is 0.371. The number of H-pyrrole nitrogens is 1. The first-order valence-corrected chi connectivity index (χ1v) is 10.4. The number of aromatic nitrogens is 1. The first-order valence-electron chi connectivity index (χ1n) is 10.0. The summed E-state index contributed by atoms with van der Waals surface area (Å²) in [4.78, 5) is 15.7. The van der Waals surface area contributed by atoms with E-state index in [2.05, 4.69) is 36.5 Å². The Morgan fingerprint density at radius 1 is 1.20 bits per heavy atom. The molecule has 0 unspecified atom stereocenters. The molecule has 5 nitrogen and oxygen atoms in total. The van der Waals surface area contributed by atoms with Gasteiger partial charge >= 0.3 is 0 Å². The maximum absolute atomic E-state index is 12.6. The van der Waals surface area contributed by atoms with Gasteiger partial charge in [-0.15, -0.1) is 0 Å².